The van der Waals surface area contributed by atoms with Gasteiger partial charge in [-0.3, -0.25) is 0 Å². The molecule has 3 rings (SSSR count). The van der Waals surface area contributed by atoms with Crippen LogP contribution in [0.1, 0.15) is 24.1 Å². The molecule has 0 aliphatic rings. The van der Waals surface area contributed by atoms with E-state index in [1.54, 1.807) is 56.4 Å². The third-order valence-electron chi connectivity index (χ3n) is 3.97. The summed E-state index contributed by atoms with van der Waals surface area (Å²) in [6.45, 7) is 1.78. The number of halogens is 3. The molecule has 0 bridgehead atoms. The van der Waals surface area contributed by atoms with Crippen molar-refractivity contribution in [1.82, 2.24) is 9.97 Å². The minimum Gasteiger partial charge on any atom is -0.463 e. The Labute approximate surface area is 154 Å². The lowest BCUT2D eigenvalue weighted by Gasteiger charge is -2.19. The van der Waals surface area contributed by atoms with Crippen LogP contribution in [0.5, 0.6) is 0 Å². The zero-order valence-electron chi connectivity index (χ0n) is 15.1. The highest BCUT2D eigenvalue weighted by atomic mass is 19.4. The number of hydrogen-bond acceptors (Lipinski definition) is 5. The molecule has 2 aromatic heterocycles. The van der Waals surface area contributed by atoms with Crippen LogP contribution in [0.25, 0.3) is 11.5 Å². The van der Waals surface area contributed by atoms with E-state index in [0.29, 0.717) is 28.8 Å². The Balaban J connectivity index is 1.91. The molecule has 0 spiro atoms. The van der Waals surface area contributed by atoms with E-state index >= 15 is 0 Å². The van der Waals surface area contributed by atoms with Gasteiger partial charge in [0.15, 0.2) is 5.76 Å². The van der Waals surface area contributed by atoms with Gasteiger partial charge >= 0.3 is 6.18 Å². The zero-order chi connectivity index (χ0) is 19.6. The Kier molecular flexibility index (Phi) is 5.07. The summed E-state index contributed by atoms with van der Waals surface area (Å²) >= 11 is 0. The highest BCUT2D eigenvalue weighted by Gasteiger charge is 2.30. The van der Waals surface area contributed by atoms with Gasteiger partial charge in [0.2, 0.25) is 5.95 Å². The summed E-state index contributed by atoms with van der Waals surface area (Å²) in [5.74, 6) is 1.53. The fourth-order valence-electron chi connectivity index (χ4n) is 2.55. The minimum atomic E-state index is -4.38. The van der Waals surface area contributed by atoms with Crippen molar-refractivity contribution in [2.45, 2.75) is 19.1 Å². The molecule has 0 fully saturated rings. The predicted octanol–water partition coefficient (Wildman–Crippen LogP) is 4.99. The van der Waals surface area contributed by atoms with Gasteiger partial charge in [0.1, 0.15) is 11.5 Å². The molecule has 1 unspecified atom stereocenters. The van der Waals surface area contributed by atoms with Crippen LogP contribution >= 0.6 is 0 Å². The van der Waals surface area contributed by atoms with E-state index in [-0.39, 0.29) is 6.04 Å². The molecular formula is C19H19F3N4O. The monoisotopic (exact) mass is 376 g/mol. The largest absolute Gasteiger partial charge is 0.463 e. The molecule has 3 aromatic rings. The van der Waals surface area contributed by atoms with Crippen molar-refractivity contribution in [2.24, 2.45) is 0 Å². The number of aromatic nitrogens is 2. The van der Waals surface area contributed by atoms with Gasteiger partial charge in [0.05, 0.1) is 11.8 Å². The molecule has 0 amide bonds. The van der Waals surface area contributed by atoms with Crippen molar-refractivity contribution in [3.8, 4) is 11.5 Å². The summed E-state index contributed by atoms with van der Waals surface area (Å²) in [6.07, 6.45) is -2.83. The number of nitrogens with zero attached hydrogens (tertiary/aromatic N) is 3. The second-order valence-corrected chi connectivity index (χ2v) is 6.30. The van der Waals surface area contributed by atoms with Crippen molar-refractivity contribution < 1.29 is 17.6 Å². The number of rotatable bonds is 5. The molecule has 1 atom stereocenters. The van der Waals surface area contributed by atoms with Crippen molar-refractivity contribution in [3.05, 3.63) is 59.9 Å². The van der Waals surface area contributed by atoms with Crippen LogP contribution in [-0.2, 0) is 6.18 Å². The standard InChI is InChI=1S/C19H19F3N4O/c1-12(13-6-4-7-14(10-13)19(20,21)22)23-17-11-15(16-8-5-9-27-16)24-18(25-17)26(2)3/h4-12H,1-3H3,(H,23,24,25). The van der Waals surface area contributed by atoms with Crippen LogP contribution in [-0.4, -0.2) is 24.1 Å². The molecule has 27 heavy (non-hydrogen) atoms. The number of hydrogen-bond donors (Lipinski definition) is 1. The van der Waals surface area contributed by atoms with Crippen LogP contribution in [0.4, 0.5) is 24.9 Å². The summed E-state index contributed by atoms with van der Waals surface area (Å²) in [5.41, 5.74) is 0.411. The third-order valence-corrected chi connectivity index (χ3v) is 3.97. The maximum absolute atomic E-state index is 13.0. The molecule has 0 aliphatic carbocycles. The van der Waals surface area contributed by atoms with E-state index in [2.05, 4.69) is 15.3 Å². The van der Waals surface area contributed by atoms with Gasteiger partial charge in [0.25, 0.3) is 0 Å². The summed E-state index contributed by atoms with van der Waals surface area (Å²) in [4.78, 5) is 10.6. The lowest BCUT2D eigenvalue weighted by atomic mass is 10.0. The number of benzene rings is 1. The van der Waals surface area contributed by atoms with Crippen molar-refractivity contribution in [3.63, 3.8) is 0 Å². The summed E-state index contributed by atoms with van der Waals surface area (Å²) in [7, 11) is 3.61. The normalized spacial score (nSPS) is 12.7. The molecule has 1 N–H and O–H groups in total. The molecule has 5 nitrogen and oxygen atoms in total. The van der Waals surface area contributed by atoms with E-state index in [9.17, 15) is 13.2 Å². The number of nitrogens with one attached hydrogen (secondary N) is 1. The van der Waals surface area contributed by atoms with Crippen LogP contribution in [0, 0.1) is 0 Å². The highest BCUT2D eigenvalue weighted by Crippen LogP contribution is 2.31. The van der Waals surface area contributed by atoms with Gasteiger partial charge in [-0.1, -0.05) is 12.1 Å². The SMILES string of the molecule is CC(Nc1cc(-c2ccco2)nc(N(C)C)n1)c1cccc(C(F)(F)F)c1. The van der Waals surface area contributed by atoms with Crippen molar-refractivity contribution in [2.75, 3.05) is 24.3 Å². The molecule has 0 saturated heterocycles. The fraction of sp³-hybridized carbons (Fsp3) is 0.263. The molecule has 1 aromatic carbocycles. The van der Waals surface area contributed by atoms with Crippen LogP contribution in [0.3, 0.4) is 0 Å². The summed E-state index contributed by atoms with van der Waals surface area (Å²) in [5, 5.41) is 3.15. The molecular weight excluding hydrogens is 357 g/mol. The Morgan fingerprint density at radius 2 is 1.85 bits per heavy atom. The van der Waals surface area contributed by atoms with Crippen LogP contribution < -0.4 is 10.2 Å². The smallest absolute Gasteiger partial charge is 0.416 e. The Hall–Kier alpha value is -3.03. The Bertz CT molecular complexity index is 908. The average Bonchev–Trinajstić information content (AvgIpc) is 3.15. The van der Waals surface area contributed by atoms with Gasteiger partial charge in [-0.15, -0.1) is 0 Å². The number of alkyl halides is 3. The van der Waals surface area contributed by atoms with Gasteiger partial charge < -0.3 is 14.6 Å². The third kappa shape index (κ3) is 4.39. The lowest BCUT2D eigenvalue weighted by Crippen LogP contribution is -2.16. The average molecular weight is 376 g/mol. The zero-order valence-corrected chi connectivity index (χ0v) is 15.1. The maximum Gasteiger partial charge on any atom is 0.416 e. The van der Waals surface area contributed by atoms with Gasteiger partial charge in [0, 0.05) is 26.2 Å². The second kappa shape index (κ2) is 7.30. The quantitative estimate of drug-likeness (QED) is 0.680. The summed E-state index contributed by atoms with van der Waals surface area (Å²) in [6, 6.07) is 10.1. The van der Waals surface area contributed by atoms with Gasteiger partial charge in [-0.25, -0.2) is 4.98 Å². The first-order valence-corrected chi connectivity index (χ1v) is 8.28. The highest BCUT2D eigenvalue weighted by molar-refractivity contribution is 5.60. The molecule has 0 radical (unpaired) electrons. The number of anilines is 2. The molecule has 0 aliphatic heterocycles. The fourth-order valence-corrected chi connectivity index (χ4v) is 2.55. The number of furan rings is 1. The Morgan fingerprint density at radius 1 is 1.07 bits per heavy atom. The molecule has 8 heteroatoms. The first-order chi connectivity index (χ1) is 12.7. The van der Waals surface area contributed by atoms with Crippen LogP contribution in [0.15, 0.2) is 53.1 Å². The predicted molar refractivity (Wildman–Crippen MR) is 97.5 cm³/mol. The van der Waals surface area contributed by atoms with Crippen molar-refractivity contribution >= 4 is 11.8 Å². The van der Waals surface area contributed by atoms with E-state index in [4.69, 9.17) is 4.42 Å². The first kappa shape index (κ1) is 18.8. The Morgan fingerprint density at radius 3 is 2.48 bits per heavy atom. The van der Waals surface area contributed by atoms with E-state index in [1.165, 1.54) is 6.07 Å². The van der Waals surface area contributed by atoms with Gasteiger partial charge in [-0.2, -0.15) is 18.2 Å². The van der Waals surface area contributed by atoms with Crippen molar-refractivity contribution in [1.29, 1.82) is 0 Å². The second-order valence-electron chi connectivity index (χ2n) is 6.30. The topological polar surface area (TPSA) is 54.2 Å². The van der Waals surface area contributed by atoms with Crippen LogP contribution in [0.2, 0.25) is 0 Å². The van der Waals surface area contributed by atoms with E-state index < -0.39 is 11.7 Å². The lowest BCUT2D eigenvalue weighted by molar-refractivity contribution is -0.137. The maximum atomic E-state index is 13.0. The first-order valence-electron chi connectivity index (χ1n) is 8.28. The van der Waals surface area contributed by atoms with E-state index in [0.717, 1.165) is 12.1 Å². The summed E-state index contributed by atoms with van der Waals surface area (Å²) < 4.78 is 44.2. The van der Waals surface area contributed by atoms with E-state index in [1.807, 2.05) is 0 Å². The molecule has 142 valence electrons. The minimum absolute atomic E-state index is 0.387. The molecule has 0 saturated carbocycles. The van der Waals surface area contributed by atoms with Gasteiger partial charge in [-0.05, 0) is 36.8 Å². The molecule has 2 heterocycles.